The van der Waals surface area contributed by atoms with Gasteiger partial charge in [0.05, 0.1) is 19.1 Å². The van der Waals surface area contributed by atoms with Gasteiger partial charge < -0.3 is 15.4 Å². The molecule has 18 heavy (non-hydrogen) atoms. The van der Waals surface area contributed by atoms with Crippen molar-refractivity contribution >= 4 is 11.6 Å². The van der Waals surface area contributed by atoms with E-state index >= 15 is 0 Å². The first-order valence-electron chi connectivity index (χ1n) is 6.25. The number of nitrogens with two attached hydrogens (primary N) is 1. The Bertz CT molecular complexity index is 393. The molecule has 1 atom stereocenters. The van der Waals surface area contributed by atoms with Gasteiger partial charge >= 0.3 is 0 Å². The third-order valence-corrected chi connectivity index (χ3v) is 3.03. The van der Waals surface area contributed by atoms with Gasteiger partial charge in [0, 0.05) is 19.3 Å². The molecule has 1 aromatic rings. The second-order valence-electron chi connectivity index (χ2n) is 4.30. The van der Waals surface area contributed by atoms with Crippen LogP contribution in [0.2, 0.25) is 0 Å². The highest BCUT2D eigenvalue weighted by molar-refractivity contribution is 5.76. The third kappa shape index (κ3) is 4.04. The van der Waals surface area contributed by atoms with E-state index in [1.165, 1.54) is 0 Å². The average molecular weight is 250 g/mol. The predicted molar refractivity (Wildman–Crippen MR) is 73.1 cm³/mol. The van der Waals surface area contributed by atoms with Gasteiger partial charge in [-0.3, -0.25) is 4.79 Å². The maximum absolute atomic E-state index is 11.9. The molecule has 0 aliphatic heterocycles. The third-order valence-electron chi connectivity index (χ3n) is 3.03. The molecule has 0 saturated carbocycles. The first-order chi connectivity index (χ1) is 8.56. The molecule has 2 N–H and O–H groups in total. The second-order valence-corrected chi connectivity index (χ2v) is 4.30. The van der Waals surface area contributed by atoms with E-state index in [1.807, 2.05) is 45.2 Å². The molecule has 0 bridgehead atoms. The number of hydrogen-bond donors (Lipinski definition) is 1. The molecule has 1 aromatic carbocycles. The molecule has 0 aliphatic carbocycles. The first-order valence-corrected chi connectivity index (χ1v) is 6.25. The summed E-state index contributed by atoms with van der Waals surface area (Å²) < 4.78 is 5.19. The van der Waals surface area contributed by atoms with Gasteiger partial charge in [0.25, 0.3) is 0 Å². The van der Waals surface area contributed by atoms with Crippen molar-refractivity contribution < 1.29 is 9.53 Å². The Morgan fingerprint density at radius 1 is 1.50 bits per heavy atom. The summed E-state index contributed by atoms with van der Waals surface area (Å²) >= 11 is 0. The summed E-state index contributed by atoms with van der Waals surface area (Å²) in [6.45, 7) is 5.03. The van der Waals surface area contributed by atoms with Gasteiger partial charge in [-0.05, 0) is 31.5 Å². The molecular formula is C14H22N2O2. The van der Waals surface area contributed by atoms with Crippen LogP contribution < -0.4 is 5.73 Å². The van der Waals surface area contributed by atoms with Crippen molar-refractivity contribution in [3.8, 4) is 0 Å². The monoisotopic (exact) mass is 250 g/mol. The predicted octanol–water partition coefficient (Wildman–Crippen LogP) is 2.21. The van der Waals surface area contributed by atoms with Gasteiger partial charge in [-0.25, -0.2) is 0 Å². The van der Waals surface area contributed by atoms with Crippen molar-refractivity contribution in [3.63, 3.8) is 0 Å². The van der Waals surface area contributed by atoms with Gasteiger partial charge in [-0.1, -0.05) is 12.1 Å². The Labute approximate surface area is 109 Å². The van der Waals surface area contributed by atoms with E-state index in [0.717, 1.165) is 11.3 Å². The van der Waals surface area contributed by atoms with Gasteiger partial charge in [0.2, 0.25) is 5.91 Å². The molecule has 1 amide bonds. The zero-order valence-corrected chi connectivity index (χ0v) is 11.3. The van der Waals surface area contributed by atoms with Crippen molar-refractivity contribution in [2.45, 2.75) is 26.3 Å². The van der Waals surface area contributed by atoms with Crippen LogP contribution in [0.3, 0.4) is 0 Å². The molecule has 0 aliphatic rings. The summed E-state index contributed by atoms with van der Waals surface area (Å²) in [6, 6.07) is 7.64. The lowest BCUT2D eigenvalue weighted by molar-refractivity contribution is -0.132. The van der Waals surface area contributed by atoms with E-state index in [9.17, 15) is 4.79 Å². The summed E-state index contributed by atoms with van der Waals surface area (Å²) in [5.41, 5.74) is 7.51. The quantitative estimate of drug-likeness (QED) is 0.622. The molecule has 100 valence electrons. The average Bonchev–Trinajstić information content (AvgIpc) is 2.37. The normalized spacial score (nSPS) is 12.2. The maximum atomic E-state index is 11.9. The van der Waals surface area contributed by atoms with Crippen LogP contribution in [0, 0.1) is 0 Å². The molecular weight excluding hydrogens is 228 g/mol. The fourth-order valence-electron chi connectivity index (χ4n) is 1.74. The van der Waals surface area contributed by atoms with Gasteiger partial charge in [0.1, 0.15) is 0 Å². The summed E-state index contributed by atoms with van der Waals surface area (Å²) in [5, 5.41) is 0. The number of hydrogen-bond acceptors (Lipinski definition) is 3. The number of anilines is 1. The molecule has 0 aromatic heterocycles. The number of benzene rings is 1. The van der Waals surface area contributed by atoms with Crippen LogP contribution >= 0.6 is 0 Å². The Morgan fingerprint density at radius 2 is 2.22 bits per heavy atom. The Kier molecular flexibility index (Phi) is 5.65. The van der Waals surface area contributed by atoms with E-state index < -0.39 is 0 Å². The lowest BCUT2D eigenvalue weighted by atomic mass is 10.1. The van der Waals surface area contributed by atoms with Crippen LogP contribution in [0.5, 0.6) is 0 Å². The topological polar surface area (TPSA) is 55.6 Å². The number of carbonyl (C=O) groups is 1. The lowest BCUT2D eigenvalue weighted by Crippen LogP contribution is -2.30. The highest BCUT2D eigenvalue weighted by atomic mass is 16.5. The van der Waals surface area contributed by atoms with Gasteiger partial charge in [-0.15, -0.1) is 0 Å². The summed E-state index contributed by atoms with van der Waals surface area (Å²) in [7, 11) is 1.81. The van der Waals surface area contributed by atoms with Crippen LogP contribution in [-0.4, -0.2) is 31.1 Å². The standard InChI is InChI=1S/C14H22N2O2/c1-4-18-9-8-14(17)16(3)11(2)12-6-5-7-13(15)10-12/h5-7,10-11H,4,8-9,15H2,1-3H3. The van der Waals surface area contributed by atoms with Crippen molar-refractivity contribution in [2.24, 2.45) is 0 Å². The van der Waals surface area contributed by atoms with E-state index in [1.54, 1.807) is 4.90 Å². The molecule has 0 heterocycles. The molecule has 0 fully saturated rings. The minimum absolute atomic E-state index is 0.0163. The van der Waals surface area contributed by atoms with Crippen LogP contribution in [-0.2, 0) is 9.53 Å². The van der Waals surface area contributed by atoms with Gasteiger partial charge in [0.15, 0.2) is 0 Å². The van der Waals surface area contributed by atoms with Crippen LogP contribution in [0.15, 0.2) is 24.3 Å². The van der Waals surface area contributed by atoms with Crippen molar-refractivity contribution in [1.29, 1.82) is 0 Å². The fourth-order valence-corrected chi connectivity index (χ4v) is 1.74. The van der Waals surface area contributed by atoms with Gasteiger partial charge in [-0.2, -0.15) is 0 Å². The lowest BCUT2D eigenvalue weighted by Gasteiger charge is -2.25. The molecule has 4 heteroatoms. The molecule has 0 spiro atoms. The first kappa shape index (κ1) is 14.5. The number of nitrogen functional groups attached to an aromatic ring is 1. The smallest absolute Gasteiger partial charge is 0.225 e. The van der Waals surface area contributed by atoms with Crippen LogP contribution in [0.4, 0.5) is 5.69 Å². The SMILES string of the molecule is CCOCCC(=O)N(C)C(C)c1cccc(N)c1. The fraction of sp³-hybridized carbons (Fsp3) is 0.500. The van der Waals surface area contributed by atoms with Crippen molar-refractivity contribution in [3.05, 3.63) is 29.8 Å². The maximum Gasteiger partial charge on any atom is 0.225 e. The van der Waals surface area contributed by atoms with E-state index in [2.05, 4.69) is 0 Å². The number of amides is 1. The van der Waals surface area contributed by atoms with Crippen LogP contribution in [0.25, 0.3) is 0 Å². The molecule has 0 radical (unpaired) electrons. The summed E-state index contributed by atoms with van der Waals surface area (Å²) in [4.78, 5) is 13.7. The molecule has 1 unspecified atom stereocenters. The minimum atomic E-state index is 0.0163. The zero-order valence-electron chi connectivity index (χ0n) is 11.3. The zero-order chi connectivity index (χ0) is 13.5. The van der Waals surface area contributed by atoms with E-state index in [-0.39, 0.29) is 11.9 Å². The largest absolute Gasteiger partial charge is 0.399 e. The number of rotatable bonds is 6. The van der Waals surface area contributed by atoms with E-state index in [0.29, 0.717) is 19.6 Å². The highest BCUT2D eigenvalue weighted by Gasteiger charge is 2.16. The van der Waals surface area contributed by atoms with E-state index in [4.69, 9.17) is 10.5 Å². The Balaban J connectivity index is 2.60. The number of nitrogens with zero attached hydrogens (tertiary/aromatic N) is 1. The molecule has 0 saturated heterocycles. The molecule has 4 nitrogen and oxygen atoms in total. The molecule has 1 rings (SSSR count). The Hall–Kier alpha value is -1.55. The minimum Gasteiger partial charge on any atom is -0.399 e. The van der Waals surface area contributed by atoms with Crippen LogP contribution in [0.1, 0.15) is 31.9 Å². The second kappa shape index (κ2) is 7.01. The number of carbonyl (C=O) groups excluding carboxylic acids is 1. The summed E-state index contributed by atoms with van der Waals surface area (Å²) in [6.07, 6.45) is 0.414. The Morgan fingerprint density at radius 3 is 2.83 bits per heavy atom. The van der Waals surface area contributed by atoms with Crippen molar-refractivity contribution in [1.82, 2.24) is 4.90 Å². The summed E-state index contributed by atoms with van der Waals surface area (Å²) in [5.74, 6) is 0.0818. The van der Waals surface area contributed by atoms with Crippen molar-refractivity contribution in [2.75, 3.05) is 26.0 Å². The number of ether oxygens (including phenoxy) is 1. The highest BCUT2D eigenvalue weighted by Crippen LogP contribution is 2.21.